The summed E-state index contributed by atoms with van der Waals surface area (Å²) in [4.78, 5) is 19.1. The second-order valence-electron chi connectivity index (χ2n) is 6.66. The minimum atomic E-state index is 0.0337. The summed E-state index contributed by atoms with van der Waals surface area (Å²) >= 11 is 1.52. The van der Waals surface area contributed by atoms with Crippen LogP contribution >= 0.6 is 11.3 Å². The highest BCUT2D eigenvalue weighted by Gasteiger charge is 2.17. The van der Waals surface area contributed by atoms with E-state index in [1.54, 1.807) is 0 Å². The SMILES string of the molecule is CC1CCCN(Cc2csc(NC(=O)CCc3ccccc3)n2)C1. The van der Waals surface area contributed by atoms with Crippen molar-refractivity contribution in [2.75, 3.05) is 18.4 Å². The molecule has 3 rings (SSSR count). The molecule has 1 aromatic heterocycles. The number of aromatic nitrogens is 1. The topological polar surface area (TPSA) is 45.2 Å². The number of hydrogen-bond acceptors (Lipinski definition) is 4. The van der Waals surface area contributed by atoms with E-state index in [0.717, 1.165) is 37.7 Å². The molecule has 2 aromatic rings. The molecular formula is C19H25N3OS. The molecule has 1 aliphatic heterocycles. The van der Waals surface area contributed by atoms with E-state index in [-0.39, 0.29) is 5.91 Å². The van der Waals surface area contributed by atoms with E-state index >= 15 is 0 Å². The Morgan fingerprint density at radius 2 is 2.21 bits per heavy atom. The molecule has 0 bridgehead atoms. The van der Waals surface area contributed by atoms with E-state index in [1.165, 1.54) is 29.7 Å². The summed E-state index contributed by atoms with van der Waals surface area (Å²) in [5, 5.41) is 5.71. The Hall–Kier alpha value is -1.72. The third-order valence-corrected chi connectivity index (χ3v) is 5.21. The number of nitrogens with zero attached hydrogens (tertiary/aromatic N) is 2. The molecule has 1 atom stereocenters. The summed E-state index contributed by atoms with van der Waals surface area (Å²) in [6, 6.07) is 10.1. The van der Waals surface area contributed by atoms with Crippen molar-refractivity contribution >= 4 is 22.4 Å². The molecule has 1 fully saturated rings. The van der Waals surface area contributed by atoms with E-state index < -0.39 is 0 Å². The standard InChI is InChI=1S/C19H25N3OS/c1-15-6-5-11-22(12-15)13-17-14-24-19(20-17)21-18(23)10-9-16-7-3-2-4-8-16/h2-4,7-8,14-15H,5-6,9-13H2,1H3,(H,20,21,23). The molecule has 128 valence electrons. The summed E-state index contributed by atoms with van der Waals surface area (Å²) in [5.41, 5.74) is 2.25. The number of carbonyl (C=O) groups excluding carboxylic acids is 1. The summed E-state index contributed by atoms with van der Waals surface area (Å²) in [7, 11) is 0. The lowest BCUT2D eigenvalue weighted by Gasteiger charge is -2.30. The molecule has 1 saturated heterocycles. The van der Waals surface area contributed by atoms with Crippen molar-refractivity contribution in [2.24, 2.45) is 5.92 Å². The maximum atomic E-state index is 12.1. The maximum Gasteiger partial charge on any atom is 0.226 e. The van der Waals surface area contributed by atoms with Crippen LogP contribution in [-0.4, -0.2) is 28.9 Å². The highest BCUT2D eigenvalue weighted by Crippen LogP contribution is 2.21. The van der Waals surface area contributed by atoms with Gasteiger partial charge >= 0.3 is 0 Å². The zero-order chi connectivity index (χ0) is 16.8. The Morgan fingerprint density at radius 1 is 1.38 bits per heavy atom. The van der Waals surface area contributed by atoms with E-state index in [1.807, 2.05) is 30.3 Å². The van der Waals surface area contributed by atoms with Gasteiger partial charge in [-0.1, -0.05) is 37.3 Å². The van der Waals surface area contributed by atoms with Crippen LogP contribution in [0.5, 0.6) is 0 Å². The normalized spacial score (nSPS) is 18.5. The molecule has 0 aliphatic carbocycles. The summed E-state index contributed by atoms with van der Waals surface area (Å²) in [6.45, 7) is 5.50. The summed E-state index contributed by atoms with van der Waals surface area (Å²) < 4.78 is 0. The molecule has 24 heavy (non-hydrogen) atoms. The Balaban J connectivity index is 1.46. The average Bonchev–Trinajstić information content (AvgIpc) is 3.01. The van der Waals surface area contributed by atoms with Crippen LogP contribution < -0.4 is 5.32 Å². The lowest BCUT2D eigenvalue weighted by Crippen LogP contribution is -2.33. The number of benzene rings is 1. The molecule has 1 aliphatic rings. The molecule has 0 saturated carbocycles. The van der Waals surface area contributed by atoms with Crippen LogP contribution in [0.15, 0.2) is 35.7 Å². The molecule has 0 radical (unpaired) electrons. The van der Waals surface area contributed by atoms with Gasteiger partial charge in [-0.05, 0) is 37.3 Å². The largest absolute Gasteiger partial charge is 0.302 e. The number of rotatable bonds is 6. The molecule has 4 nitrogen and oxygen atoms in total. The Labute approximate surface area is 147 Å². The minimum Gasteiger partial charge on any atom is -0.302 e. The van der Waals surface area contributed by atoms with Crippen molar-refractivity contribution in [2.45, 2.75) is 39.2 Å². The van der Waals surface area contributed by atoms with Gasteiger partial charge in [0.2, 0.25) is 5.91 Å². The highest BCUT2D eigenvalue weighted by atomic mass is 32.1. The lowest BCUT2D eigenvalue weighted by atomic mass is 10.0. The number of aryl methyl sites for hydroxylation is 1. The first kappa shape index (κ1) is 17.1. The van der Waals surface area contributed by atoms with E-state index in [2.05, 4.69) is 27.5 Å². The monoisotopic (exact) mass is 343 g/mol. The number of anilines is 1. The van der Waals surface area contributed by atoms with Crippen molar-refractivity contribution in [3.63, 3.8) is 0 Å². The van der Waals surface area contributed by atoms with Crippen LogP contribution in [0.2, 0.25) is 0 Å². The number of amides is 1. The second-order valence-corrected chi connectivity index (χ2v) is 7.52. The van der Waals surface area contributed by atoms with Crippen molar-refractivity contribution in [1.82, 2.24) is 9.88 Å². The first-order valence-corrected chi connectivity index (χ1v) is 9.57. The van der Waals surface area contributed by atoms with Gasteiger partial charge in [-0.2, -0.15) is 0 Å². The molecule has 1 aromatic carbocycles. The van der Waals surface area contributed by atoms with Crippen molar-refractivity contribution < 1.29 is 4.79 Å². The van der Waals surface area contributed by atoms with E-state index in [4.69, 9.17) is 0 Å². The lowest BCUT2D eigenvalue weighted by molar-refractivity contribution is -0.116. The van der Waals surface area contributed by atoms with Gasteiger partial charge in [-0.3, -0.25) is 9.69 Å². The van der Waals surface area contributed by atoms with Crippen molar-refractivity contribution in [3.05, 3.63) is 47.0 Å². The number of carbonyl (C=O) groups is 1. The third-order valence-electron chi connectivity index (χ3n) is 4.41. The molecule has 5 heteroatoms. The minimum absolute atomic E-state index is 0.0337. The number of likely N-dealkylation sites (tertiary alicyclic amines) is 1. The summed E-state index contributed by atoms with van der Waals surface area (Å²) in [5.74, 6) is 0.806. The molecule has 1 unspecified atom stereocenters. The number of nitrogens with one attached hydrogen (secondary N) is 1. The molecule has 1 amide bonds. The van der Waals surface area contributed by atoms with Crippen LogP contribution in [0.1, 0.15) is 37.4 Å². The van der Waals surface area contributed by atoms with Crippen LogP contribution in [0.25, 0.3) is 0 Å². The molecule has 2 heterocycles. The molecular weight excluding hydrogens is 318 g/mol. The number of hydrogen-bond donors (Lipinski definition) is 1. The van der Waals surface area contributed by atoms with Gasteiger partial charge in [0.15, 0.2) is 5.13 Å². The zero-order valence-corrected chi connectivity index (χ0v) is 15.0. The van der Waals surface area contributed by atoms with Crippen LogP contribution in [0.3, 0.4) is 0 Å². The van der Waals surface area contributed by atoms with Crippen LogP contribution in [0, 0.1) is 5.92 Å². The van der Waals surface area contributed by atoms with E-state index in [9.17, 15) is 4.79 Å². The first-order chi connectivity index (χ1) is 11.7. The Morgan fingerprint density at radius 3 is 3.00 bits per heavy atom. The first-order valence-electron chi connectivity index (χ1n) is 8.69. The van der Waals surface area contributed by atoms with E-state index in [0.29, 0.717) is 11.6 Å². The van der Waals surface area contributed by atoms with Gasteiger partial charge in [0.1, 0.15) is 0 Å². The smallest absolute Gasteiger partial charge is 0.226 e. The highest BCUT2D eigenvalue weighted by molar-refractivity contribution is 7.13. The quantitative estimate of drug-likeness (QED) is 0.864. The maximum absolute atomic E-state index is 12.1. The third kappa shape index (κ3) is 5.14. The zero-order valence-electron chi connectivity index (χ0n) is 14.2. The van der Waals surface area contributed by atoms with Gasteiger partial charge < -0.3 is 5.32 Å². The fraction of sp³-hybridized carbons (Fsp3) is 0.474. The van der Waals surface area contributed by atoms with Crippen LogP contribution in [-0.2, 0) is 17.8 Å². The van der Waals surface area contributed by atoms with Gasteiger partial charge in [-0.15, -0.1) is 11.3 Å². The Bertz CT molecular complexity index is 656. The fourth-order valence-electron chi connectivity index (χ4n) is 3.18. The van der Waals surface area contributed by atoms with Gasteiger partial charge in [0.05, 0.1) is 5.69 Å². The second kappa shape index (κ2) is 8.40. The molecule has 0 spiro atoms. The predicted molar refractivity (Wildman–Crippen MR) is 99.2 cm³/mol. The van der Waals surface area contributed by atoms with Crippen molar-refractivity contribution in [1.29, 1.82) is 0 Å². The van der Waals surface area contributed by atoms with Gasteiger partial charge in [-0.25, -0.2) is 4.98 Å². The Kier molecular flexibility index (Phi) is 5.99. The number of thiazole rings is 1. The molecule has 1 N–H and O–H groups in total. The van der Waals surface area contributed by atoms with Gasteiger partial charge in [0, 0.05) is 24.9 Å². The predicted octanol–water partition coefficient (Wildman–Crippen LogP) is 3.95. The fourth-order valence-corrected chi connectivity index (χ4v) is 3.90. The number of piperidine rings is 1. The summed E-state index contributed by atoms with van der Waals surface area (Å²) in [6.07, 6.45) is 3.85. The van der Waals surface area contributed by atoms with Gasteiger partial charge in [0.25, 0.3) is 0 Å². The van der Waals surface area contributed by atoms with Crippen LogP contribution in [0.4, 0.5) is 5.13 Å². The van der Waals surface area contributed by atoms with Crippen molar-refractivity contribution in [3.8, 4) is 0 Å². The average molecular weight is 343 g/mol.